The van der Waals surface area contributed by atoms with Crippen LogP contribution in [0.2, 0.25) is 0 Å². The lowest BCUT2D eigenvalue weighted by atomic mass is 10.0. The summed E-state index contributed by atoms with van der Waals surface area (Å²) in [5.41, 5.74) is 2.13. The van der Waals surface area contributed by atoms with Crippen LogP contribution in [0.15, 0.2) is 42.7 Å². The zero-order valence-electron chi connectivity index (χ0n) is 9.56. The van der Waals surface area contributed by atoms with E-state index in [1.165, 1.54) is 12.3 Å². The van der Waals surface area contributed by atoms with Gasteiger partial charge in [0.25, 0.3) is 0 Å². The molecule has 0 saturated carbocycles. The third kappa shape index (κ3) is 1.76. The van der Waals surface area contributed by atoms with Crippen LogP contribution in [0.25, 0.3) is 0 Å². The Balaban J connectivity index is 1.87. The molecule has 1 aromatic carbocycles. The van der Waals surface area contributed by atoms with Gasteiger partial charge in [-0.05, 0) is 17.7 Å². The Labute approximate surface area is 104 Å². The highest BCUT2D eigenvalue weighted by atomic mass is 19.1. The molecule has 1 aromatic heterocycles. The Kier molecular flexibility index (Phi) is 2.55. The fraction of sp³-hybridized carbons (Fsp3) is 0.143. The molecule has 1 aliphatic heterocycles. The number of para-hydroxylation sites is 1. The molecular weight excluding hydrogens is 231 g/mol. The first-order chi connectivity index (χ1) is 8.75. The number of hydrogen-bond donors (Lipinski definition) is 1. The lowest BCUT2D eigenvalue weighted by Gasteiger charge is -2.10. The van der Waals surface area contributed by atoms with Crippen molar-refractivity contribution in [1.29, 1.82) is 0 Å². The minimum absolute atomic E-state index is 0.0929. The summed E-state index contributed by atoms with van der Waals surface area (Å²) in [6.07, 6.45) is 3.09. The van der Waals surface area contributed by atoms with Crippen molar-refractivity contribution in [1.82, 2.24) is 4.98 Å². The largest absolute Gasteiger partial charge is 0.374 e. The Hall–Kier alpha value is -2.23. The predicted octanol–water partition coefficient (Wildman–Crippen LogP) is 2.44. The van der Waals surface area contributed by atoms with Gasteiger partial charge >= 0.3 is 0 Å². The molecule has 1 atom stereocenters. The fourth-order valence-corrected chi connectivity index (χ4v) is 2.22. The zero-order valence-corrected chi connectivity index (χ0v) is 9.56. The van der Waals surface area contributed by atoms with Crippen molar-refractivity contribution >= 4 is 11.5 Å². The number of fused-ring (bicyclic) bond motifs is 1. The van der Waals surface area contributed by atoms with E-state index in [9.17, 15) is 9.18 Å². The Morgan fingerprint density at radius 3 is 2.94 bits per heavy atom. The van der Waals surface area contributed by atoms with E-state index in [0.717, 1.165) is 17.4 Å². The van der Waals surface area contributed by atoms with Crippen LogP contribution in [0.4, 0.5) is 10.1 Å². The molecule has 0 bridgehead atoms. The standard InChI is InChI=1S/C14H11FN2O/c15-11-8-16-6-5-10(11)14(18)13-7-9-3-1-2-4-12(9)17-13/h1-6,8,13,17H,7H2. The number of pyridine rings is 1. The Bertz CT molecular complexity index is 587. The lowest BCUT2D eigenvalue weighted by Crippen LogP contribution is -2.27. The van der Waals surface area contributed by atoms with Gasteiger partial charge < -0.3 is 5.32 Å². The maximum Gasteiger partial charge on any atom is 0.188 e. The van der Waals surface area contributed by atoms with Crippen LogP contribution in [0.3, 0.4) is 0 Å². The van der Waals surface area contributed by atoms with Crippen LogP contribution >= 0.6 is 0 Å². The van der Waals surface area contributed by atoms with Crippen molar-refractivity contribution in [2.24, 2.45) is 0 Å². The van der Waals surface area contributed by atoms with Crippen LogP contribution in [-0.4, -0.2) is 16.8 Å². The first-order valence-electron chi connectivity index (χ1n) is 5.74. The second kappa shape index (κ2) is 4.22. The van der Waals surface area contributed by atoms with Gasteiger partial charge in [-0.3, -0.25) is 9.78 Å². The summed E-state index contributed by atoms with van der Waals surface area (Å²) in [5, 5.41) is 3.12. The summed E-state index contributed by atoms with van der Waals surface area (Å²) in [6.45, 7) is 0. The molecule has 0 fully saturated rings. The van der Waals surface area contributed by atoms with E-state index < -0.39 is 5.82 Å². The van der Waals surface area contributed by atoms with Gasteiger partial charge in [-0.15, -0.1) is 0 Å². The normalized spacial score (nSPS) is 17.1. The number of hydrogen-bond acceptors (Lipinski definition) is 3. The van der Waals surface area contributed by atoms with E-state index >= 15 is 0 Å². The number of carbonyl (C=O) groups excluding carboxylic acids is 1. The van der Waals surface area contributed by atoms with E-state index in [4.69, 9.17) is 0 Å². The maximum absolute atomic E-state index is 13.5. The highest BCUT2D eigenvalue weighted by molar-refractivity contribution is 6.03. The molecule has 18 heavy (non-hydrogen) atoms. The number of ketones is 1. The molecule has 90 valence electrons. The molecule has 1 unspecified atom stereocenters. The number of rotatable bonds is 2. The number of benzene rings is 1. The van der Waals surface area contributed by atoms with Gasteiger partial charge in [-0.2, -0.15) is 0 Å². The van der Waals surface area contributed by atoms with Gasteiger partial charge in [0.2, 0.25) is 0 Å². The SMILES string of the molecule is O=C(c1ccncc1F)C1Cc2ccccc2N1. The zero-order chi connectivity index (χ0) is 12.5. The number of aromatic nitrogens is 1. The van der Waals surface area contributed by atoms with Gasteiger partial charge in [0.05, 0.1) is 17.8 Å². The van der Waals surface area contributed by atoms with Gasteiger partial charge in [-0.1, -0.05) is 18.2 Å². The second-order valence-corrected chi connectivity index (χ2v) is 4.28. The van der Waals surface area contributed by atoms with Crippen LogP contribution in [0.1, 0.15) is 15.9 Å². The number of halogens is 1. The second-order valence-electron chi connectivity index (χ2n) is 4.28. The average Bonchev–Trinajstić information content (AvgIpc) is 2.82. The van der Waals surface area contributed by atoms with Crippen LogP contribution in [-0.2, 0) is 6.42 Å². The topological polar surface area (TPSA) is 42.0 Å². The molecule has 3 nitrogen and oxygen atoms in total. The van der Waals surface area contributed by atoms with Gasteiger partial charge in [-0.25, -0.2) is 4.39 Å². The molecule has 1 aliphatic rings. The smallest absolute Gasteiger partial charge is 0.188 e. The van der Waals surface area contributed by atoms with Crippen LogP contribution < -0.4 is 5.32 Å². The number of anilines is 1. The molecule has 0 amide bonds. The molecule has 0 radical (unpaired) electrons. The van der Waals surface area contributed by atoms with Crippen molar-refractivity contribution in [3.63, 3.8) is 0 Å². The number of Topliss-reactive ketones (excluding diaryl/α,β-unsaturated/α-hetero) is 1. The molecule has 0 aliphatic carbocycles. The third-order valence-electron chi connectivity index (χ3n) is 3.13. The summed E-state index contributed by atoms with van der Waals surface area (Å²) in [7, 11) is 0. The summed E-state index contributed by atoms with van der Waals surface area (Å²) < 4.78 is 13.5. The number of nitrogens with one attached hydrogen (secondary N) is 1. The van der Waals surface area contributed by atoms with E-state index in [0.29, 0.717) is 6.42 Å². The van der Waals surface area contributed by atoms with E-state index in [1.807, 2.05) is 24.3 Å². The third-order valence-corrected chi connectivity index (χ3v) is 3.13. The summed E-state index contributed by atoms with van der Waals surface area (Å²) in [6, 6.07) is 8.76. The monoisotopic (exact) mass is 242 g/mol. The molecule has 0 spiro atoms. The van der Waals surface area contributed by atoms with E-state index in [1.54, 1.807) is 0 Å². The van der Waals surface area contributed by atoms with Gasteiger partial charge in [0.1, 0.15) is 0 Å². The quantitative estimate of drug-likeness (QED) is 0.822. The molecule has 4 heteroatoms. The van der Waals surface area contributed by atoms with Gasteiger partial charge in [0, 0.05) is 18.3 Å². The predicted molar refractivity (Wildman–Crippen MR) is 66.1 cm³/mol. The van der Waals surface area contributed by atoms with Crippen molar-refractivity contribution in [2.75, 3.05) is 5.32 Å². The highest BCUT2D eigenvalue weighted by Crippen LogP contribution is 2.27. The fourth-order valence-electron chi connectivity index (χ4n) is 2.22. The van der Waals surface area contributed by atoms with E-state index in [2.05, 4.69) is 10.3 Å². The highest BCUT2D eigenvalue weighted by Gasteiger charge is 2.28. The Morgan fingerprint density at radius 1 is 1.33 bits per heavy atom. The minimum Gasteiger partial charge on any atom is -0.374 e. The molecule has 0 saturated heterocycles. The molecule has 2 heterocycles. The van der Waals surface area contributed by atoms with Crippen molar-refractivity contribution in [3.05, 3.63) is 59.7 Å². The molecule has 3 rings (SSSR count). The molecule has 1 N–H and O–H groups in total. The van der Waals surface area contributed by atoms with Crippen molar-refractivity contribution < 1.29 is 9.18 Å². The molecule has 2 aromatic rings. The van der Waals surface area contributed by atoms with Crippen LogP contribution in [0, 0.1) is 5.82 Å². The molecular formula is C14H11FN2O. The maximum atomic E-state index is 13.5. The minimum atomic E-state index is -0.569. The Morgan fingerprint density at radius 2 is 2.17 bits per heavy atom. The average molecular weight is 242 g/mol. The summed E-state index contributed by atoms with van der Waals surface area (Å²) in [4.78, 5) is 15.9. The first kappa shape index (κ1) is 10.9. The van der Waals surface area contributed by atoms with Crippen molar-refractivity contribution in [2.45, 2.75) is 12.5 Å². The van der Waals surface area contributed by atoms with E-state index in [-0.39, 0.29) is 17.4 Å². The summed E-state index contributed by atoms with van der Waals surface area (Å²) >= 11 is 0. The number of nitrogens with zero attached hydrogens (tertiary/aromatic N) is 1. The summed E-state index contributed by atoms with van der Waals surface area (Å²) in [5.74, 6) is -0.800. The number of carbonyl (C=O) groups is 1. The lowest BCUT2D eigenvalue weighted by molar-refractivity contribution is 0.0967. The van der Waals surface area contributed by atoms with Crippen LogP contribution in [0.5, 0.6) is 0 Å². The van der Waals surface area contributed by atoms with Gasteiger partial charge in [0.15, 0.2) is 11.6 Å². The first-order valence-corrected chi connectivity index (χ1v) is 5.74. The van der Waals surface area contributed by atoms with Crippen molar-refractivity contribution in [3.8, 4) is 0 Å².